The minimum Gasteiger partial charge on any atom is -0.494 e. The normalized spacial score (nSPS) is 11.0. The summed E-state index contributed by atoms with van der Waals surface area (Å²) in [5.74, 6) is 1.65. The lowest BCUT2D eigenvalue weighted by Crippen LogP contribution is -2.38. The molecule has 0 unspecified atom stereocenters. The molecule has 2 aromatic carbocycles. The molecule has 0 radical (unpaired) electrons. The molecule has 6 heteroatoms. The number of hydrogen-bond acceptors (Lipinski definition) is 3. The van der Waals surface area contributed by atoms with E-state index in [1.54, 1.807) is 0 Å². The fourth-order valence-electron chi connectivity index (χ4n) is 2.59. The van der Waals surface area contributed by atoms with Crippen LogP contribution in [0.5, 0.6) is 5.75 Å². The van der Waals surface area contributed by atoms with E-state index >= 15 is 0 Å². The van der Waals surface area contributed by atoms with E-state index in [1.165, 1.54) is 12.5 Å². The average molecular weight is 383 g/mol. The summed E-state index contributed by atoms with van der Waals surface area (Å²) in [7, 11) is 0. The van der Waals surface area contributed by atoms with Crippen molar-refractivity contribution in [2.24, 2.45) is 4.99 Å². The lowest BCUT2D eigenvalue weighted by atomic mass is 10.1. The first-order valence-corrected chi connectivity index (χ1v) is 9.74. The summed E-state index contributed by atoms with van der Waals surface area (Å²) in [5, 5.41) is 9.38. The third kappa shape index (κ3) is 8.58. The summed E-state index contributed by atoms with van der Waals surface area (Å²) in [6.45, 7) is 6.51. The van der Waals surface area contributed by atoms with Gasteiger partial charge in [0.15, 0.2) is 5.96 Å². The van der Waals surface area contributed by atoms with Gasteiger partial charge in [0.05, 0.1) is 6.61 Å². The SMILES string of the molecule is CCNC(=NCCCOc1ccccc1)NCCc1ccc(NC(C)=O)cc1. The highest BCUT2D eigenvalue weighted by Crippen LogP contribution is 2.10. The molecule has 2 aromatic rings. The largest absolute Gasteiger partial charge is 0.494 e. The van der Waals surface area contributed by atoms with Crippen LogP contribution in [0.3, 0.4) is 0 Å². The molecule has 150 valence electrons. The van der Waals surface area contributed by atoms with Gasteiger partial charge >= 0.3 is 0 Å². The summed E-state index contributed by atoms with van der Waals surface area (Å²) in [5.41, 5.74) is 2.02. The van der Waals surface area contributed by atoms with E-state index in [2.05, 4.69) is 27.9 Å². The molecule has 3 N–H and O–H groups in total. The van der Waals surface area contributed by atoms with Crippen molar-refractivity contribution in [1.82, 2.24) is 10.6 Å². The van der Waals surface area contributed by atoms with Crippen LogP contribution in [0.15, 0.2) is 59.6 Å². The number of ether oxygens (including phenoxy) is 1. The van der Waals surface area contributed by atoms with E-state index < -0.39 is 0 Å². The standard InChI is InChI=1S/C22H30N4O2/c1-3-23-22(24-15-7-17-28-21-8-5-4-6-9-21)25-16-14-19-10-12-20(13-11-19)26-18(2)27/h4-6,8-13H,3,7,14-17H2,1-2H3,(H,26,27)(H2,23,24,25). The maximum atomic E-state index is 11.1. The third-order valence-electron chi connectivity index (χ3n) is 3.91. The second-order valence-corrected chi connectivity index (χ2v) is 6.33. The summed E-state index contributed by atoms with van der Waals surface area (Å²) in [6.07, 6.45) is 1.73. The van der Waals surface area contributed by atoms with E-state index in [0.29, 0.717) is 13.2 Å². The Hall–Kier alpha value is -3.02. The monoisotopic (exact) mass is 382 g/mol. The minimum atomic E-state index is -0.0601. The molecular formula is C22H30N4O2. The highest BCUT2D eigenvalue weighted by Gasteiger charge is 2.00. The molecule has 0 spiro atoms. The van der Waals surface area contributed by atoms with Gasteiger partial charge in [-0.3, -0.25) is 9.79 Å². The molecule has 0 atom stereocenters. The zero-order valence-corrected chi connectivity index (χ0v) is 16.7. The van der Waals surface area contributed by atoms with Crippen LogP contribution in [0.4, 0.5) is 5.69 Å². The van der Waals surface area contributed by atoms with Crippen molar-refractivity contribution in [2.75, 3.05) is 31.6 Å². The predicted octanol–water partition coefficient (Wildman–Crippen LogP) is 3.21. The maximum absolute atomic E-state index is 11.1. The van der Waals surface area contributed by atoms with Crippen molar-refractivity contribution in [1.29, 1.82) is 0 Å². The van der Waals surface area contributed by atoms with Crippen molar-refractivity contribution in [2.45, 2.75) is 26.7 Å². The number of rotatable bonds is 10. The Bertz CT molecular complexity index is 730. The number of benzene rings is 2. The zero-order chi connectivity index (χ0) is 20.0. The van der Waals surface area contributed by atoms with Gasteiger partial charge in [-0.1, -0.05) is 30.3 Å². The highest BCUT2D eigenvalue weighted by atomic mass is 16.5. The highest BCUT2D eigenvalue weighted by molar-refractivity contribution is 5.88. The summed E-state index contributed by atoms with van der Waals surface area (Å²) < 4.78 is 5.68. The molecule has 0 aliphatic rings. The molecule has 0 aromatic heterocycles. The number of aliphatic imine (C=N–C) groups is 1. The molecular weight excluding hydrogens is 352 g/mol. The first kappa shape index (κ1) is 21.3. The van der Waals surface area contributed by atoms with Gasteiger partial charge in [-0.15, -0.1) is 0 Å². The van der Waals surface area contributed by atoms with E-state index in [9.17, 15) is 4.79 Å². The Labute approximate surface area is 167 Å². The van der Waals surface area contributed by atoms with Crippen molar-refractivity contribution in [3.8, 4) is 5.75 Å². The molecule has 2 rings (SSSR count). The third-order valence-corrected chi connectivity index (χ3v) is 3.91. The molecule has 0 fully saturated rings. The van der Waals surface area contributed by atoms with Crippen LogP contribution in [0.1, 0.15) is 25.8 Å². The average Bonchev–Trinajstić information content (AvgIpc) is 2.69. The lowest BCUT2D eigenvalue weighted by Gasteiger charge is -2.12. The number of carbonyl (C=O) groups excluding carboxylic acids is 1. The lowest BCUT2D eigenvalue weighted by molar-refractivity contribution is -0.114. The Morgan fingerprint density at radius 2 is 1.79 bits per heavy atom. The second-order valence-electron chi connectivity index (χ2n) is 6.33. The molecule has 0 bridgehead atoms. The van der Waals surface area contributed by atoms with E-state index in [-0.39, 0.29) is 5.91 Å². The predicted molar refractivity (Wildman–Crippen MR) is 115 cm³/mol. The van der Waals surface area contributed by atoms with Gasteiger partial charge in [0.2, 0.25) is 5.91 Å². The Morgan fingerprint density at radius 3 is 2.46 bits per heavy atom. The molecule has 6 nitrogen and oxygen atoms in total. The van der Waals surface area contributed by atoms with E-state index in [0.717, 1.165) is 43.3 Å². The van der Waals surface area contributed by atoms with E-state index in [4.69, 9.17) is 4.74 Å². The van der Waals surface area contributed by atoms with Crippen molar-refractivity contribution >= 4 is 17.6 Å². The topological polar surface area (TPSA) is 74.8 Å². The molecule has 0 heterocycles. The number of guanidine groups is 1. The molecule has 28 heavy (non-hydrogen) atoms. The van der Waals surface area contributed by atoms with Gasteiger partial charge < -0.3 is 20.7 Å². The van der Waals surface area contributed by atoms with Gasteiger partial charge in [0.1, 0.15) is 5.75 Å². The fraction of sp³-hybridized carbons (Fsp3) is 0.364. The van der Waals surface area contributed by atoms with Crippen molar-refractivity contribution in [3.05, 3.63) is 60.2 Å². The van der Waals surface area contributed by atoms with Gasteiger partial charge in [0.25, 0.3) is 0 Å². The Morgan fingerprint density at radius 1 is 1.04 bits per heavy atom. The molecule has 0 aliphatic carbocycles. The Balaban J connectivity index is 1.69. The number of para-hydroxylation sites is 1. The zero-order valence-electron chi connectivity index (χ0n) is 16.7. The van der Waals surface area contributed by atoms with Crippen LogP contribution in [0.25, 0.3) is 0 Å². The van der Waals surface area contributed by atoms with Gasteiger partial charge in [-0.25, -0.2) is 0 Å². The first-order valence-electron chi connectivity index (χ1n) is 9.74. The minimum absolute atomic E-state index is 0.0601. The summed E-state index contributed by atoms with van der Waals surface area (Å²) >= 11 is 0. The van der Waals surface area contributed by atoms with Crippen molar-refractivity contribution < 1.29 is 9.53 Å². The number of anilines is 1. The van der Waals surface area contributed by atoms with Crippen LogP contribution >= 0.6 is 0 Å². The van der Waals surface area contributed by atoms with Gasteiger partial charge in [0, 0.05) is 38.7 Å². The van der Waals surface area contributed by atoms with Crippen LogP contribution < -0.4 is 20.7 Å². The van der Waals surface area contributed by atoms with Crippen LogP contribution in [0, 0.1) is 0 Å². The Kier molecular flexibility index (Phi) is 9.41. The number of nitrogens with one attached hydrogen (secondary N) is 3. The quantitative estimate of drug-likeness (QED) is 0.335. The van der Waals surface area contributed by atoms with E-state index in [1.807, 2.05) is 54.6 Å². The number of amides is 1. The van der Waals surface area contributed by atoms with Crippen molar-refractivity contribution in [3.63, 3.8) is 0 Å². The van der Waals surface area contributed by atoms with Gasteiger partial charge in [-0.05, 0) is 43.2 Å². The number of nitrogens with zero attached hydrogens (tertiary/aromatic N) is 1. The second kappa shape index (κ2) is 12.4. The first-order chi connectivity index (χ1) is 13.7. The number of carbonyl (C=O) groups is 1. The smallest absolute Gasteiger partial charge is 0.221 e. The number of hydrogen-bond donors (Lipinski definition) is 3. The molecule has 0 saturated carbocycles. The summed E-state index contributed by atoms with van der Waals surface area (Å²) in [6, 6.07) is 17.7. The van der Waals surface area contributed by atoms with Crippen LogP contribution in [0.2, 0.25) is 0 Å². The molecule has 0 aliphatic heterocycles. The van der Waals surface area contributed by atoms with Crippen LogP contribution in [-0.2, 0) is 11.2 Å². The molecule has 1 amide bonds. The summed E-state index contributed by atoms with van der Waals surface area (Å²) in [4.78, 5) is 15.6. The van der Waals surface area contributed by atoms with Gasteiger partial charge in [-0.2, -0.15) is 0 Å². The fourth-order valence-corrected chi connectivity index (χ4v) is 2.59. The maximum Gasteiger partial charge on any atom is 0.221 e. The van der Waals surface area contributed by atoms with Crippen LogP contribution in [-0.4, -0.2) is 38.1 Å². The molecule has 0 saturated heterocycles.